The van der Waals surface area contributed by atoms with Gasteiger partial charge in [-0.25, -0.2) is 0 Å². The number of carbonyl (C=O) groups excluding carboxylic acids is 1. The molecule has 354 valence electrons. The number of phenols is 3. The third-order valence-corrected chi connectivity index (χ3v) is 20.7. The summed E-state index contributed by atoms with van der Waals surface area (Å²) in [7, 11) is 1.50. The average Bonchev–Trinajstić information content (AvgIpc) is 3.73. The van der Waals surface area contributed by atoms with Crippen molar-refractivity contribution in [1.82, 2.24) is 5.32 Å². The van der Waals surface area contributed by atoms with Crippen molar-refractivity contribution >= 4 is 5.78 Å². The monoisotopic (exact) mass is 908 g/mol. The minimum absolute atomic E-state index is 0.0273. The number of ether oxygens (including phenoxy) is 1. The molecule has 12 rings (SSSR count). The van der Waals surface area contributed by atoms with Crippen molar-refractivity contribution in [2.24, 2.45) is 40.4 Å². The number of aliphatic hydroxyl groups is 3. The number of aromatic hydroxyl groups is 3. The third-order valence-electron chi connectivity index (χ3n) is 20.7. The number of allylic oxidation sites excluding steroid dienone is 2. The first kappa shape index (κ1) is 43.9. The fraction of sp³-hybridized carbons (Fsp3) is 0.603. The summed E-state index contributed by atoms with van der Waals surface area (Å²) >= 11 is 0. The number of nitrogens with one attached hydrogen (secondary N) is 1. The molecule has 1 aliphatic heterocycles. The topological polar surface area (TPSA) is 160 Å². The number of aliphatic hydroxyl groups excluding tert-OH is 1. The van der Waals surface area contributed by atoms with Gasteiger partial charge in [-0.2, -0.15) is 0 Å². The van der Waals surface area contributed by atoms with Gasteiger partial charge in [0.15, 0.2) is 23.0 Å². The van der Waals surface area contributed by atoms with Crippen LogP contribution >= 0.6 is 0 Å². The minimum atomic E-state index is -1.43. The summed E-state index contributed by atoms with van der Waals surface area (Å²) in [6.45, 7) is 0.216. The van der Waals surface area contributed by atoms with E-state index >= 15 is 4.79 Å². The predicted octanol–water partition coefficient (Wildman–Crippen LogP) is 9.14. The molecule has 7 N–H and O–H groups in total. The lowest BCUT2D eigenvalue weighted by atomic mass is 9.26. The van der Waals surface area contributed by atoms with E-state index in [1.165, 1.54) is 25.2 Å². The van der Waals surface area contributed by atoms with Crippen molar-refractivity contribution < 1.29 is 40.2 Å². The molecule has 9 nitrogen and oxygen atoms in total. The smallest absolute Gasteiger partial charge is 0.160 e. The van der Waals surface area contributed by atoms with Crippen LogP contribution in [0.5, 0.6) is 23.0 Å². The summed E-state index contributed by atoms with van der Waals surface area (Å²) in [5.74, 6) is 6.65. The number of phenolic OH excluding ortho intramolecular Hbond substituents is 3. The zero-order chi connectivity index (χ0) is 46.1. The highest BCUT2D eigenvalue weighted by Gasteiger charge is 2.80. The van der Waals surface area contributed by atoms with E-state index in [2.05, 4.69) is 35.4 Å². The van der Waals surface area contributed by atoms with Crippen molar-refractivity contribution in [2.45, 2.75) is 163 Å². The van der Waals surface area contributed by atoms with Crippen LogP contribution < -0.4 is 10.1 Å². The Morgan fingerprint density at radius 3 is 2.43 bits per heavy atom. The lowest BCUT2D eigenvalue weighted by molar-refractivity contribution is -0.234. The van der Waals surface area contributed by atoms with Crippen molar-refractivity contribution in [3.05, 3.63) is 94.1 Å². The van der Waals surface area contributed by atoms with E-state index in [1.807, 2.05) is 30.3 Å². The number of benzene rings is 3. The van der Waals surface area contributed by atoms with E-state index in [4.69, 9.17) is 4.74 Å². The van der Waals surface area contributed by atoms with E-state index in [1.54, 1.807) is 6.07 Å². The second kappa shape index (κ2) is 15.6. The highest BCUT2D eigenvalue weighted by molar-refractivity contribution is 5.81. The van der Waals surface area contributed by atoms with Gasteiger partial charge < -0.3 is 40.7 Å². The average molecular weight is 908 g/mol. The number of fused-ring (bicyclic) bond motifs is 3. The molecule has 12 atom stereocenters. The number of carbonyl (C=O) groups is 1. The van der Waals surface area contributed by atoms with Crippen LogP contribution in [-0.2, 0) is 23.2 Å². The molecule has 0 aromatic heterocycles. The molecule has 1 heterocycles. The van der Waals surface area contributed by atoms with E-state index < -0.39 is 34.0 Å². The van der Waals surface area contributed by atoms with Crippen LogP contribution in [0.25, 0.3) is 0 Å². The Bertz CT molecular complexity index is 2590. The molecule has 9 heteroatoms. The number of rotatable bonds is 8. The standard InChI is InChI=1S/C58H69NO8/c1-67-50-28-43(38(33-60)24-49(50)64)42-26-41(61)31-56(66)20-22-57-21-19-55-34-54(17-8-11-39(54)25-40(55)14-18-53(65)15-6-3-7-16-53)45-30-51(55)58(57,46-29-48(63)47(62)27-44(45)46)52(56)37(32-59-57)13-12-36(42)23-35-9-4-2-5-10-35/h2,4-5,9-10,24-25,27-29,36-37,39,42,45,51-52,59-60,62-66H,3,6-8,11,14-23,26,30-34H2,1H3/t36-,37-,39+,42+,45+,51+,52-,54+,55-,56-,57+,58+/m0/s1. The molecule has 9 aliphatic rings. The number of methoxy groups -OCH3 is 1. The van der Waals surface area contributed by atoms with Crippen LogP contribution in [0.4, 0.5) is 0 Å². The summed E-state index contributed by atoms with van der Waals surface area (Å²) in [5.41, 5.74) is 2.57. The molecule has 5 saturated carbocycles. The van der Waals surface area contributed by atoms with Gasteiger partial charge in [-0.3, -0.25) is 4.79 Å². The lowest BCUT2D eigenvalue weighted by Gasteiger charge is -2.79. The van der Waals surface area contributed by atoms with Crippen LogP contribution in [-0.4, -0.2) is 66.8 Å². The van der Waals surface area contributed by atoms with Gasteiger partial charge in [0.05, 0.1) is 24.9 Å². The zero-order valence-corrected chi connectivity index (χ0v) is 39.2. The Labute approximate surface area is 395 Å². The van der Waals surface area contributed by atoms with E-state index in [0.29, 0.717) is 42.9 Å². The number of piperidine rings is 1. The van der Waals surface area contributed by atoms with Gasteiger partial charge in [-0.05, 0) is 164 Å². The fourth-order valence-corrected chi connectivity index (χ4v) is 18.2. The molecular weight excluding hydrogens is 839 g/mol. The van der Waals surface area contributed by atoms with E-state index in [9.17, 15) is 30.6 Å². The molecule has 3 spiro atoms. The number of Topliss-reactive ketones (excluding diaryl/α,β-unsaturated/α-hetero) is 1. The zero-order valence-electron chi connectivity index (χ0n) is 39.2. The van der Waals surface area contributed by atoms with Crippen molar-refractivity contribution in [3.8, 4) is 34.8 Å². The second-order valence-electron chi connectivity index (χ2n) is 23.3. The predicted molar refractivity (Wildman–Crippen MR) is 255 cm³/mol. The molecule has 6 bridgehead atoms. The molecule has 0 amide bonds. The third kappa shape index (κ3) is 6.23. The molecule has 1 saturated heterocycles. The van der Waals surface area contributed by atoms with Gasteiger partial charge in [0.2, 0.25) is 0 Å². The Hall–Kier alpha value is -4.33. The molecule has 0 radical (unpaired) electrons. The number of hydrogen-bond acceptors (Lipinski definition) is 9. The summed E-state index contributed by atoms with van der Waals surface area (Å²) in [6.07, 6.45) is 18.4. The highest BCUT2D eigenvalue weighted by Crippen LogP contribution is 2.82. The van der Waals surface area contributed by atoms with Gasteiger partial charge in [0.25, 0.3) is 0 Å². The molecular formula is C58H69NO8. The first-order chi connectivity index (χ1) is 32.3. The van der Waals surface area contributed by atoms with Crippen LogP contribution in [0.15, 0.2) is 66.2 Å². The minimum Gasteiger partial charge on any atom is -0.504 e. The molecule has 0 unspecified atom stereocenters. The maximum absolute atomic E-state index is 15.3. The highest BCUT2D eigenvalue weighted by atomic mass is 16.5. The van der Waals surface area contributed by atoms with Crippen LogP contribution in [0.3, 0.4) is 0 Å². The summed E-state index contributed by atoms with van der Waals surface area (Å²) in [5, 5.41) is 75.1. The molecule has 3 aromatic carbocycles. The van der Waals surface area contributed by atoms with Crippen molar-refractivity contribution in [1.29, 1.82) is 0 Å². The Morgan fingerprint density at radius 1 is 0.851 bits per heavy atom. The SMILES string of the molecule is COc1cc([C@@H]2CC(=O)C[C@@]3(O)CC[C@]45CC[C@]67C[C@@]8(CCC[C@@H]8C=C6CCC6(O)CCCCC6)[C@@H]6C[C@H]7[C@]4(c4cc(O)c(O)cc46)[C@H]3[C@@H](C#C[C@H]2Cc2ccccc2)CN5)c(CO)cc1O. The maximum atomic E-state index is 15.3. The molecule has 67 heavy (non-hydrogen) atoms. The Morgan fingerprint density at radius 2 is 1.64 bits per heavy atom. The largest absolute Gasteiger partial charge is 0.504 e. The lowest BCUT2D eigenvalue weighted by Crippen LogP contribution is -2.84. The summed E-state index contributed by atoms with van der Waals surface area (Å²) in [4.78, 5) is 15.3. The summed E-state index contributed by atoms with van der Waals surface area (Å²) in [6, 6.07) is 17.3. The van der Waals surface area contributed by atoms with Gasteiger partial charge >= 0.3 is 0 Å². The Balaban J connectivity index is 1.07. The quantitative estimate of drug-likeness (QED) is 0.0665. The van der Waals surface area contributed by atoms with Crippen LogP contribution in [0.1, 0.15) is 155 Å². The number of hydrogen-bond donors (Lipinski definition) is 7. The molecule has 3 aromatic rings. The molecule has 8 aliphatic carbocycles. The van der Waals surface area contributed by atoms with Crippen molar-refractivity contribution in [2.75, 3.05) is 13.7 Å². The first-order valence-electron chi connectivity index (χ1n) is 25.9. The van der Waals surface area contributed by atoms with E-state index in [0.717, 1.165) is 100 Å². The number of ketones is 1. The Kier molecular flexibility index (Phi) is 10.2. The van der Waals surface area contributed by atoms with Gasteiger partial charge in [0, 0.05) is 54.0 Å². The fourth-order valence-electron chi connectivity index (χ4n) is 18.2. The van der Waals surface area contributed by atoms with Crippen LogP contribution in [0.2, 0.25) is 0 Å². The maximum Gasteiger partial charge on any atom is 0.160 e. The summed E-state index contributed by atoms with van der Waals surface area (Å²) < 4.78 is 5.61. The van der Waals surface area contributed by atoms with Gasteiger partial charge in [-0.1, -0.05) is 79.5 Å². The normalized spacial score (nSPS) is 39.7. The van der Waals surface area contributed by atoms with Gasteiger partial charge in [-0.15, -0.1) is 0 Å². The van der Waals surface area contributed by atoms with Gasteiger partial charge in [0.1, 0.15) is 5.78 Å². The molecule has 6 fully saturated rings. The first-order valence-corrected chi connectivity index (χ1v) is 25.9. The van der Waals surface area contributed by atoms with Crippen molar-refractivity contribution in [3.63, 3.8) is 0 Å². The second-order valence-corrected chi connectivity index (χ2v) is 23.3. The van der Waals surface area contributed by atoms with E-state index in [-0.39, 0.29) is 82.7 Å². The van der Waals surface area contributed by atoms with Crippen LogP contribution in [0, 0.1) is 52.3 Å².